The summed E-state index contributed by atoms with van der Waals surface area (Å²) in [6.07, 6.45) is 1.19. The van der Waals surface area contributed by atoms with Crippen molar-refractivity contribution in [1.29, 1.82) is 0 Å². The highest BCUT2D eigenvalue weighted by molar-refractivity contribution is 6.20. The maximum Gasteiger partial charge on any atom is 0.242 e. The number of carbonyl (C=O) groups excluding carboxylic acids is 2. The Balaban J connectivity index is 2.21. The first-order chi connectivity index (χ1) is 12.8. The lowest BCUT2D eigenvalue weighted by Gasteiger charge is -2.15. The minimum Gasteiger partial charge on any atom is -0.399 e. The van der Waals surface area contributed by atoms with Crippen molar-refractivity contribution in [2.75, 3.05) is 17.7 Å². The van der Waals surface area contributed by atoms with Crippen LogP contribution in [0.4, 0.5) is 11.4 Å². The molecule has 0 aliphatic carbocycles. The smallest absolute Gasteiger partial charge is 0.242 e. The van der Waals surface area contributed by atoms with Crippen LogP contribution in [0.25, 0.3) is 0 Å². The molecule has 6 heteroatoms. The highest BCUT2D eigenvalue weighted by Crippen LogP contribution is 2.19. The van der Waals surface area contributed by atoms with Crippen LogP contribution < -0.4 is 10.6 Å². The first-order valence-electron chi connectivity index (χ1n) is 8.64. The van der Waals surface area contributed by atoms with Gasteiger partial charge in [-0.25, -0.2) is 0 Å². The van der Waals surface area contributed by atoms with Crippen molar-refractivity contribution in [2.45, 2.75) is 27.7 Å². The van der Waals surface area contributed by atoms with Gasteiger partial charge in [-0.1, -0.05) is 40.5 Å². The van der Waals surface area contributed by atoms with Gasteiger partial charge in [0.25, 0.3) is 0 Å². The van der Waals surface area contributed by atoms with Crippen LogP contribution in [0, 0.1) is 33.6 Å². The van der Waals surface area contributed by atoms with Crippen LogP contribution in [0.3, 0.4) is 0 Å². The van der Waals surface area contributed by atoms with E-state index in [9.17, 15) is 9.59 Å². The van der Waals surface area contributed by atoms with Crippen molar-refractivity contribution < 1.29 is 14.4 Å². The van der Waals surface area contributed by atoms with Gasteiger partial charge in [-0.15, -0.1) is 0 Å². The van der Waals surface area contributed by atoms with E-state index in [1.165, 1.54) is 13.3 Å². The van der Waals surface area contributed by atoms with Crippen molar-refractivity contribution in [3.05, 3.63) is 58.7 Å². The van der Waals surface area contributed by atoms with Crippen LogP contribution >= 0.6 is 0 Å². The molecule has 0 radical (unpaired) electrons. The van der Waals surface area contributed by atoms with Gasteiger partial charge in [-0.3, -0.25) is 9.59 Å². The van der Waals surface area contributed by atoms with E-state index in [2.05, 4.69) is 20.6 Å². The summed E-state index contributed by atoms with van der Waals surface area (Å²) in [6, 6.07) is 11.4. The number of hydrogen-bond donors (Lipinski definition) is 2. The lowest BCUT2D eigenvalue weighted by Crippen LogP contribution is -2.35. The number of oxime groups is 1. The average Bonchev–Trinajstić information content (AvgIpc) is 2.60. The minimum atomic E-state index is -1.13. The van der Waals surface area contributed by atoms with E-state index >= 15 is 0 Å². The molecule has 2 aromatic carbocycles. The topological polar surface area (TPSA) is 79.8 Å². The molecule has 0 spiro atoms. The van der Waals surface area contributed by atoms with Gasteiger partial charge < -0.3 is 15.5 Å². The van der Waals surface area contributed by atoms with Gasteiger partial charge in [0.2, 0.25) is 11.8 Å². The first kappa shape index (κ1) is 20.2. The fourth-order valence-electron chi connectivity index (χ4n) is 2.70. The van der Waals surface area contributed by atoms with Crippen LogP contribution in [0.2, 0.25) is 0 Å². The van der Waals surface area contributed by atoms with E-state index in [0.717, 1.165) is 22.3 Å². The summed E-state index contributed by atoms with van der Waals surface area (Å²) in [5.41, 5.74) is 5.33. The molecule has 0 heterocycles. The van der Waals surface area contributed by atoms with E-state index in [0.29, 0.717) is 11.4 Å². The summed E-state index contributed by atoms with van der Waals surface area (Å²) in [4.78, 5) is 30.1. The maximum absolute atomic E-state index is 12.7. The number of nitrogens with zero attached hydrogens (tertiary/aromatic N) is 1. The second-order valence-electron chi connectivity index (χ2n) is 6.53. The summed E-state index contributed by atoms with van der Waals surface area (Å²) >= 11 is 0. The highest BCUT2D eigenvalue weighted by atomic mass is 16.6. The molecule has 0 unspecified atom stereocenters. The largest absolute Gasteiger partial charge is 0.399 e. The molecule has 2 rings (SSSR count). The van der Waals surface area contributed by atoms with Gasteiger partial charge in [0, 0.05) is 11.4 Å². The number of aryl methyl sites for hydroxylation is 4. The number of amides is 2. The molecule has 0 aliphatic rings. The van der Waals surface area contributed by atoms with Crippen molar-refractivity contribution >= 4 is 29.4 Å². The zero-order chi connectivity index (χ0) is 20.0. The van der Waals surface area contributed by atoms with Crippen LogP contribution in [0.1, 0.15) is 22.3 Å². The number of nitrogens with one attached hydrogen (secondary N) is 2. The molecule has 6 nitrogen and oxygen atoms in total. The van der Waals surface area contributed by atoms with E-state index in [1.807, 2.05) is 64.1 Å². The third-order valence-electron chi connectivity index (χ3n) is 4.16. The molecular formula is C21H25N3O3. The van der Waals surface area contributed by atoms with Gasteiger partial charge in [0.1, 0.15) is 7.11 Å². The second-order valence-corrected chi connectivity index (χ2v) is 6.53. The monoisotopic (exact) mass is 367 g/mol. The molecule has 0 aliphatic heterocycles. The fraction of sp³-hybridized carbons (Fsp3) is 0.286. The fourth-order valence-corrected chi connectivity index (χ4v) is 2.70. The van der Waals surface area contributed by atoms with Crippen molar-refractivity contribution in [3.63, 3.8) is 0 Å². The Bertz CT molecular complexity index is 809. The third-order valence-corrected chi connectivity index (χ3v) is 4.16. The predicted molar refractivity (Wildman–Crippen MR) is 108 cm³/mol. The van der Waals surface area contributed by atoms with Crippen LogP contribution in [0.15, 0.2) is 41.6 Å². The molecule has 0 fully saturated rings. The van der Waals surface area contributed by atoms with Crippen molar-refractivity contribution in [3.8, 4) is 0 Å². The third kappa shape index (κ3) is 5.41. The zero-order valence-corrected chi connectivity index (χ0v) is 16.3. The number of rotatable bonds is 6. The normalized spacial score (nSPS) is 10.9. The van der Waals surface area contributed by atoms with Gasteiger partial charge >= 0.3 is 0 Å². The summed E-state index contributed by atoms with van der Waals surface area (Å²) in [7, 11) is 1.36. The molecule has 0 atom stereocenters. The molecule has 27 heavy (non-hydrogen) atoms. The van der Waals surface area contributed by atoms with Crippen molar-refractivity contribution in [1.82, 2.24) is 0 Å². The second kappa shape index (κ2) is 8.98. The Morgan fingerprint density at radius 2 is 1.33 bits per heavy atom. The molecule has 142 valence electrons. The summed E-state index contributed by atoms with van der Waals surface area (Å²) in [5, 5.41) is 9.20. The van der Waals surface area contributed by atoms with Gasteiger partial charge in [0.05, 0.1) is 6.21 Å². The Morgan fingerprint density at radius 3 is 1.70 bits per heavy atom. The van der Waals surface area contributed by atoms with Crippen LogP contribution in [-0.2, 0) is 14.4 Å². The summed E-state index contributed by atoms with van der Waals surface area (Å²) < 4.78 is 0. The number of hydrogen-bond acceptors (Lipinski definition) is 4. The minimum absolute atomic E-state index is 0.481. The first-order valence-corrected chi connectivity index (χ1v) is 8.64. The number of carbonyl (C=O) groups is 2. The number of anilines is 2. The molecule has 2 N–H and O–H groups in total. The molecule has 0 aromatic heterocycles. The highest BCUT2D eigenvalue weighted by Gasteiger charge is 2.26. The molecule has 2 amide bonds. The van der Waals surface area contributed by atoms with E-state index in [-0.39, 0.29) is 0 Å². The van der Waals surface area contributed by atoms with E-state index in [4.69, 9.17) is 0 Å². The molecular weight excluding hydrogens is 342 g/mol. The summed E-state index contributed by atoms with van der Waals surface area (Å²) in [5.74, 6) is -2.10. The molecule has 0 saturated carbocycles. The Hall–Kier alpha value is -3.15. The summed E-state index contributed by atoms with van der Waals surface area (Å²) in [6.45, 7) is 7.75. The lowest BCUT2D eigenvalue weighted by molar-refractivity contribution is -0.126. The maximum atomic E-state index is 12.7. The van der Waals surface area contributed by atoms with E-state index in [1.54, 1.807) is 0 Å². The van der Waals surface area contributed by atoms with Gasteiger partial charge in [-0.2, -0.15) is 0 Å². The van der Waals surface area contributed by atoms with Gasteiger partial charge in [0.15, 0.2) is 5.92 Å². The van der Waals surface area contributed by atoms with Gasteiger partial charge in [-0.05, 0) is 51.0 Å². The molecule has 0 bridgehead atoms. The SMILES string of the molecule is CO/N=C\C(C(=O)Nc1ccc(C)cc1C)C(=O)Nc1ccc(C)cc1C. The van der Waals surface area contributed by atoms with Crippen LogP contribution in [0.5, 0.6) is 0 Å². The zero-order valence-electron chi connectivity index (χ0n) is 16.3. The van der Waals surface area contributed by atoms with Crippen molar-refractivity contribution in [2.24, 2.45) is 11.1 Å². The Kier molecular flexibility index (Phi) is 6.71. The molecule has 2 aromatic rings. The predicted octanol–water partition coefficient (Wildman–Crippen LogP) is 3.75. The number of benzene rings is 2. The standard InChI is InChI=1S/C21H25N3O3/c1-13-6-8-18(15(3)10-13)23-20(25)17(12-22-27-5)21(26)24-19-9-7-14(2)11-16(19)4/h6-12,17H,1-5H3,(H,23,25)(H,24,26)/b22-12-. The van der Waals surface area contributed by atoms with E-state index < -0.39 is 17.7 Å². The molecule has 0 saturated heterocycles. The average molecular weight is 367 g/mol. The Labute approximate surface area is 159 Å². The Morgan fingerprint density at radius 1 is 0.889 bits per heavy atom. The van der Waals surface area contributed by atoms with Crippen LogP contribution in [-0.4, -0.2) is 25.1 Å². The quantitative estimate of drug-likeness (QED) is 0.464. The lowest BCUT2D eigenvalue weighted by atomic mass is 10.1.